The van der Waals surface area contributed by atoms with Gasteiger partial charge in [0.05, 0.1) is 17.6 Å². The average Bonchev–Trinajstić information content (AvgIpc) is 3.68. The van der Waals surface area contributed by atoms with Crippen LogP contribution < -0.4 is 16.3 Å². The number of carbonyl (C=O) groups excluding carboxylic acids is 2. The Morgan fingerprint density at radius 1 is 0.967 bits per heavy atom. The van der Waals surface area contributed by atoms with Crippen LogP contribution in [0.3, 0.4) is 0 Å². The van der Waals surface area contributed by atoms with E-state index in [2.05, 4.69) is 10.6 Å². The second kappa shape index (κ2) is 7.93. The van der Waals surface area contributed by atoms with Crippen LogP contribution in [-0.4, -0.2) is 33.5 Å². The van der Waals surface area contributed by atoms with Crippen molar-refractivity contribution in [2.24, 2.45) is 5.92 Å². The largest absolute Gasteiger partial charge is 0.352 e. The monoisotopic (exact) mass is 410 g/mol. The summed E-state index contributed by atoms with van der Waals surface area (Å²) in [6, 6.07) is 6.04. The summed E-state index contributed by atoms with van der Waals surface area (Å²) >= 11 is 0. The second-order valence-corrected chi connectivity index (χ2v) is 9.23. The minimum Gasteiger partial charge on any atom is -0.352 e. The minimum atomic E-state index is -0.279. The van der Waals surface area contributed by atoms with Crippen LogP contribution in [0.5, 0.6) is 0 Å². The van der Waals surface area contributed by atoms with Gasteiger partial charge in [0, 0.05) is 24.2 Å². The molecule has 1 aromatic heterocycles. The van der Waals surface area contributed by atoms with Gasteiger partial charge in [-0.05, 0) is 62.6 Å². The molecule has 0 saturated heterocycles. The number of amides is 2. The highest BCUT2D eigenvalue weighted by atomic mass is 16.2. The van der Waals surface area contributed by atoms with Gasteiger partial charge >= 0.3 is 5.69 Å². The fourth-order valence-corrected chi connectivity index (χ4v) is 4.62. The number of imidazole rings is 1. The first-order valence-corrected chi connectivity index (χ1v) is 11.4. The lowest BCUT2D eigenvalue weighted by Gasteiger charge is -2.23. The molecule has 0 bridgehead atoms. The van der Waals surface area contributed by atoms with Crippen LogP contribution in [0.1, 0.15) is 74.2 Å². The zero-order chi connectivity index (χ0) is 20.7. The molecule has 1 heterocycles. The maximum absolute atomic E-state index is 13.3. The molecule has 0 atom stereocenters. The second-order valence-electron chi connectivity index (χ2n) is 9.23. The molecule has 5 rings (SSSR count). The number of nitrogens with one attached hydrogen (secondary N) is 2. The zero-order valence-corrected chi connectivity index (χ0v) is 17.4. The van der Waals surface area contributed by atoms with Crippen molar-refractivity contribution in [3.05, 3.63) is 34.2 Å². The van der Waals surface area contributed by atoms with Gasteiger partial charge in [-0.2, -0.15) is 0 Å². The molecule has 7 heteroatoms. The van der Waals surface area contributed by atoms with Crippen molar-refractivity contribution in [1.82, 2.24) is 19.8 Å². The summed E-state index contributed by atoms with van der Waals surface area (Å²) in [6.45, 7) is 0.704. The van der Waals surface area contributed by atoms with Gasteiger partial charge in [-0.15, -0.1) is 0 Å². The van der Waals surface area contributed by atoms with E-state index in [0.717, 1.165) is 56.1 Å². The lowest BCUT2D eigenvalue weighted by molar-refractivity contribution is -0.120. The summed E-state index contributed by atoms with van der Waals surface area (Å²) < 4.78 is 3.85. The van der Waals surface area contributed by atoms with Crippen molar-refractivity contribution in [3.63, 3.8) is 0 Å². The van der Waals surface area contributed by atoms with E-state index in [9.17, 15) is 14.4 Å². The number of fused-ring (bicyclic) bond motifs is 1. The lowest BCUT2D eigenvalue weighted by atomic mass is 9.95. The van der Waals surface area contributed by atoms with E-state index in [-0.39, 0.29) is 36.1 Å². The van der Waals surface area contributed by atoms with Crippen molar-refractivity contribution in [3.8, 4) is 0 Å². The topological polar surface area (TPSA) is 85.1 Å². The molecule has 3 saturated carbocycles. The third-order valence-corrected chi connectivity index (χ3v) is 6.65. The maximum Gasteiger partial charge on any atom is 0.329 e. The molecule has 2 N–H and O–H groups in total. The number of rotatable bonds is 7. The van der Waals surface area contributed by atoms with E-state index in [1.165, 1.54) is 19.3 Å². The van der Waals surface area contributed by atoms with Crippen LogP contribution in [0.25, 0.3) is 11.0 Å². The fraction of sp³-hybridized carbons (Fsp3) is 0.609. The van der Waals surface area contributed by atoms with Gasteiger partial charge in [0.15, 0.2) is 0 Å². The van der Waals surface area contributed by atoms with E-state index >= 15 is 0 Å². The Hall–Kier alpha value is -2.57. The molecule has 2 amide bonds. The smallest absolute Gasteiger partial charge is 0.329 e. The highest BCUT2D eigenvalue weighted by Crippen LogP contribution is 2.33. The van der Waals surface area contributed by atoms with E-state index in [0.29, 0.717) is 11.5 Å². The molecular weight excluding hydrogens is 380 g/mol. The predicted molar refractivity (Wildman–Crippen MR) is 115 cm³/mol. The van der Waals surface area contributed by atoms with E-state index in [1.54, 1.807) is 6.07 Å². The zero-order valence-electron chi connectivity index (χ0n) is 17.4. The van der Waals surface area contributed by atoms with Gasteiger partial charge in [-0.3, -0.25) is 18.7 Å². The summed E-state index contributed by atoms with van der Waals surface area (Å²) in [5.74, 6) is 0.136. The Labute approximate surface area is 175 Å². The molecule has 0 spiro atoms. The van der Waals surface area contributed by atoms with Crippen LogP contribution in [0.2, 0.25) is 0 Å². The number of nitrogens with zero attached hydrogens (tertiary/aromatic N) is 2. The van der Waals surface area contributed by atoms with Gasteiger partial charge in [-0.1, -0.05) is 19.3 Å². The van der Waals surface area contributed by atoms with E-state index < -0.39 is 0 Å². The summed E-state index contributed by atoms with van der Waals surface area (Å²) in [5.41, 5.74) is 2.32. The molecule has 3 fully saturated rings. The first-order chi connectivity index (χ1) is 14.6. The van der Waals surface area contributed by atoms with Crippen molar-refractivity contribution in [2.45, 2.75) is 76.4 Å². The lowest BCUT2D eigenvalue weighted by Crippen LogP contribution is -2.37. The number of hydrogen-bond acceptors (Lipinski definition) is 3. The van der Waals surface area contributed by atoms with E-state index in [4.69, 9.17) is 0 Å². The van der Waals surface area contributed by atoms with E-state index in [1.807, 2.05) is 21.3 Å². The molecule has 1 aromatic carbocycles. The van der Waals surface area contributed by atoms with Crippen molar-refractivity contribution < 1.29 is 9.59 Å². The molecule has 30 heavy (non-hydrogen) atoms. The summed E-state index contributed by atoms with van der Waals surface area (Å²) in [4.78, 5) is 37.8. The fourth-order valence-electron chi connectivity index (χ4n) is 4.62. The molecule has 3 aliphatic rings. The number of carbonyl (C=O) groups is 2. The quantitative estimate of drug-likeness (QED) is 0.736. The van der Waals surface area contributed by atoms with Gasteiger partial charge in [0.1, 0.15) is 0 Å². The van der Waals surface area contributed by atoms with Crippen LogP contribution in [0, 0.1) is 5.92 Å². The molecule has 0 radical (unpaired) electrons. The van der Waals surface area contributed by atoms with Gasteiger partial charge in [0.2, 0.25) is 5.91 Å². The van der Waals surface area contributed by atoms with Crippen LogP contribution in [-0.2, 0) is 11.3 Å². The van der Waals surface area contributed by atoms with Crippen LogP contribution in [0.4, 0.5) is 0 Å². The number of aromatic nitrogens is 2. The Morgan fingerprint density at radius 3 is 2.43 bits per heavy atom. The summed E-state index contributed by atoms with van der Waals surface area (Å²) in [5, 5.41) is 5.58. The SMILES string of the molecule is O=C(CNC(=O)c1ccc2c(c1)n(CC1CC1)c(=O)n2C1CCCCC1)NC1CC1. The summed E-state index contributed by atoms with van der Waals surface area (Å²) in [7, 11) is 0. The Bertz CT molecular complexity index is 1020. The standard InChI is InChI=1S/C23H30N4O3/c28-21(25-17-9-10-17)13-24-22(29)16-8-11-19-20(12-16)26(14-15-6-7-15)23(30)27(19)18-4-2-1-3-5-18/h8,11-12,15,17-18H,1-7,9-10,13-14H2,(H,24,29)(H,25,28). The highest BCUT2D eigenvalue weighted by Gasteiger charge is 2.28. The van der Waals surface area contributed by atoms with Gasteiger partial charge in [-0.25, -0.2) is 4.79 Å². The maximum atomic E-state index is 13.3. The molecule has 0 aliphatic heterocycles. The van der Waals surface area contributed by atoms with Crippen LogP contribution in [0.15, 0.2) is 23.0 Å². The molecule has 3 aliphatic carbocycles. The van der Waals surface area contributed by atoms with Crippen molar-refractivity contribution in [1.29, 1.82) is 0 Å². The normalized spacial score (nSPS) is 19.7. The molecule has 160 valence electrons. The number of benzene rings is 1. The number of hydrogen-bond donors (Lipinski definition) is 2. The Morgan fingerprint density at radius 2 is 1.73 bits per heavy atom. The van der Waals surface area contributed by atoms with Gasteiger partial charge < -0.3 is 10.6 Å². The average molecular weight is 411 g/mol. The van der Waals surface area contributed by atoms with Crippen molar-refractivity contribution >= 4 is 22.8 Å². The van der Waals surface area contributed by atoms with Crippen molar-refractivity contribution in [2.75, 3.05) is 6.54 Å². The van der Waals surface area contributed by atoms with Gasteiger partial charge in [0.25, 0.3) is 5.91 Å². The highest BCUT2D eigenvalue weighted by molar-refractivity contribution is 5.99. The van der Waals surface area contributed by atoms with Crippen LogP contribution >= 0.6 is 0 Å². The molecular formula is C23H30N4O3. The molecule has 0 unspecified atom stereocenters. The Balaban J connectivity index is 1.42. The third kappa shape index (κ3) is 4.02. The predicted octanol–water partition coefficient (Wildman–Crippen LogP) is 2.73. The minimum absolute atomic E-state index is 0.0225. The molecule has 7 nitrogen and oxygen atoms in total. The first-order valence-electron chi connectivity index (χ1n) is 11.4. The third-order valence-electron chi connectivity index (χ3n) is 6.65. The summed E-state index contributed by atoms with van der Waals surface area (Å²) in [6.07, 6.45) is 10.0. The first kappa shape index (κ1) is 19.4. The Kier molecular flexibility index (Phi) is 5.13. The molecule has 2 aromatic rings.